The van der Waals surface area contributed by atoms with Gasteiger partial charge in [0.1, 0.15) is 5.82 Å². The minimum atomic E-state index is -0.0148. The van der Waals surface area contributed by atoms with Crippen molar-refractivity contribution in [2.75, 3.05) is 0 Å². The minimum absolute atomic E-state index is 0.0148. The highest BCUT2D eigenvalue weighted by Crippen LogP contribution is 2.32. The van der Waals surface area contributed by atoms with Gasteiger partial charge in [-0.2, -0.15) is 0 Å². The van der Waals surface area contributed by atoms with E-state index in [0.29, 0.717) is 5.92 Å². The molecule has 64 valence electrons. The molecule has 1 aromatic carbocycles. The van der Waals surface area contributed by atoms with Crippen molar-refractivity contribution in [1.29, 1.82) is 0 Å². The molecule has 0 N–H and O–H groups in total. The zero-order valence-corrected chi connectivity index (χ0v) is 7.31. The molecule has 0 amide bonds. The molecular weight excluding hydrogens is 151 g/mol. The van der Waals surface area contributed by atoms with E-state index in [1.165, 1.54) is 12.0 Å². The maximum atomic E-state index is 13.2. The molecule has 0 radical (unpaired) electrons. The van der Waals surface area contributed by atoms with Gasteiger partial charge < -0.3 is 0 Å². The summed E-state index contributed by atoms with van der Waals surface area (Å²) in [6.45, 7) is 2.18. The predicted octanol–water partition coefficient (Wildman–Crippen LogP) is 3.27. The van der Waals surface area contributed by atoms with Gasteiger partial charge in [0.05, 0.1) is 0 Å². The van der Waals surface area contributed by atoms with E-state index in [4.69, 9.17) is 0 Å². The van der Waals surface area contributed by atoms with Crippen molar-refractivity contribution in [1.82, 2.24) is 0 Å². The number of rotatable bonds is 0. The Morgan fingerprint density at radius 3 is 3.00 bits per heavy atom. The third-order valence-electron chi connectivity index (χ3n) is 2.75. The van der Waals surface area contributed by atoms with E-state index in [-0.39, 0.29) is 5.82 Å². The third-order valence-corrected chi connectivity index (χ3v) is 2.75. The minimum Gasteiger partial charge on any atom is -0.207 e. The van der Waals surface area contributed by atoms with Crippen LogP contribution in [0, 0.1) is 5.82 Å². The molecule has 0 fully saturated rings. The molecular formula is C11H13F. The molecule has 1 atom stereocenters. The largest absolute Gasteiger partial charge is 0.207 e. The van der Waals surface area contributed by atoms with Gasteiger partial charge in [-0.3, -0.25) is 0 Å². The van der Waals surface area contributed by atoms with Crippen LogP contribution in [0.25, 0.3) is 0 Å². The smallest absolute Gasteiger partial charge is 0.126 e. The van der Waals surface area contributed by atoms with Gasteiger partial charge in [-0.05, 0) is 42.4 Å². The van der Waals surface area contributed by atoms with Crippen molar-refractivity contribution >= 4 is 0 Å². The van der Waals surface area contributed by atoms with Crippen LogP contribution in [-0.4, -0.2) is 0 Å². The summed E-state index contributed by atoms with van der Waals surface area (Å²) < 4.78 is 13.2. The Balaban J connectivity index is 2.52. The highest BCUT2D eigenvalue weighted by Gasteiger charge is 2.18. The lowest BCUT2D eigenvalue weighted by molar-refractivity contribution is 0.543. The first-order chi connectivity index (χ1) is 5.79. The van der Waals surface area contributed by atoms with Crippen molar-refractivity contribution in [3.05, 3.63) is 35.1 Å². The Bertz CT molecular complexity index is 291. The normalized spacial score (nSPS) is 22.0. The van der Waals surface area contributed by atoms with Crippen LogP contribution < -0.4 is 0 Å². The molecule has 1 aromatic rings. The van der Waals surface area contributed by atoms with Crippen LogP contribution in [0.1, 0.15) is 36.8 Å². The van der Waals surface area contributed by atoms with E-state index in [1.807, 2.05) is 6.07 Å². The fourth-order valence-corrected chi connectivity index (χ4v) is 2.04. The molecule has 2 rings (SSSR count). The van der Waals surface area contributed by atoms with Crippen LogP contribution >= 0.6 is 0 Å². The van der Waals surface area contributed by atoms with Gasteiger partial charge in [-0.25, -0.2) is 4.39 Å². The maximum Gasteiger partial charge on any atom is 0.126 e. The molecule has 12 heavy (non-hydrogen) atoms. The predicted molar refractivity (Wildman–Crippen MR) is 47.8 cm³/mol. The van der Waals surface area contributed by atoms with Crippen LogP contribution in [0.15, 0.2) is 18.2 Å². The number of fused-ring (bicyclic) bond motifs is 1. The second-order valence-electron chi connectivity index (χ2n) is 3.60. The molecule has 0 bridgehead atoms. The molecule has 1 heteroatoms. The fraction of sp³-hybridized carbons (Fsp3) is 0.455. The first-order valence-electron chi connectivity index (χ1n) is 4.56. The molecule has 0 nitrogen and oxygen atoms in total. The van der Waals surface area contributed by atoms with Gasteiger partial charge >= 0.3 is 0 Å². The lowest BCUT2D eigenvalue weighted by atomic mass is 9.84. The summed E-state index contributed by atoms with van der Waals surface area (Å²) in [6, 6.07) is 5.44. The average Bonchev–Trinajstić information content (AvgIpc) is 2.07. The van der Waals surface area contributed by atoms with E-state index >= 15 is 0 Å². The molecule has 0 spiro atoms. The molecule has 0 aliphatic heterocycles. The summed E-state index contributed by atoms with van der Waals surface area (Å²) in [5.74, 6) is 0.531. The summed E-state index contributed by atoms with van der Waals surface area (Å²) >= 11 is 0. The zero-order chi connectivity index (χ0) is 8.55. The molecule has 1 aliphatic rings. The number of hydrogen-bond acceptors (Lipinski definition) is 0. The van der Waals surface area contributed by atoms with Crippen molar-refractivity contribution in [3.63, 3.8) is 0 Å². The average molecular weight is 164 g/mol. The van der Waals surface area contributed by atoms with Gasteiger partial charge in [0.2, 0.25) is 0 Å². The lowest BCUT2D eigenvalue weighted by Gasteiger charge is -2.22. The van der Waals surface area contributed by atoms with E-state index in [9.17, 15) is 4.39 Å². The van der Waals surface area contributed by atoms with Gasteiger partial charge in [0.25, 0.3) is 0 Å². The summed E-state index contributed by atoms with van der Waals surface area (Å²) in [5.41, 5.74) is 2.18. The maximum absolute atomic E-state index is 13.2. The van der Waals surface area contributed by atoms with Crippen molar-refractivity contribution < 1.29 is 4.39 Å². The monoisotopic (exact) mass is 164 g/mol. The van der Waals surface area contributed by atoms with Gasteiger partial charge in [0.15, 0.2) is 0 Å². The van der Waals surface area contributed by atoms with Gasteiger partial charge in [-0.15, -0.1) is 0 Å². The number of halogens is 1. The standard InChI is InChI=1S/C11H13F/c1-8-4-2-6-10-9(8)5-3-7-11(10)12/h3,5,7-8H,2,4,6H2,1H3. The van der Waals surface area contributed by atoms with Crippen LogP contribution in [-0.2, 0) is 6.42 Å². The van der Waals surface area contributed by atoms with E-state index in [2.05, 4.69) is 13.0 Å². The molecule has 0 heterocycles. The second kappa shape index (κ2) is 2.89. The van der Waals surface area contributed by atoms with Crippen molar-refractivity contribution in [2.24, 2.45) is 0 Å². The van der Waals surface area contributed by atoms with Crippen LogP contribution in [0.5, 0.6) is 0 Å². The second-order valence-corrected chi connectivity index (χ2v) is 3.60. The number of hydrogen-bond donors (Lipinski definition) is 0. The molecule has 0 saturated heterocycles. The molecule has 1 unspecified atom stereocenters. The fourth-order valence-electron chi connectivity index (χ4n) is 2.04. The van der Waals surface area contributed by atoms with Crippen LogP contribution in [0.3, 0.4) is 0 Å². The summed E-state index contributed by atoms with van der Waals surface area (Å²) in [6.07, 6.45) is 3.26. The Morgan fingerprint density at radius 1 is 1.42 bits per heavy atom. The highest BCUT2D eigenvalue weighted by atomic mass is 19.1. The lowest BCUT2D eigenvalue weighted by Crippen LogP contribution is -2.08. The first-order valence-corrected chi connectivity index (χ1v) is 4.56. The van der Waals surface area contributed by atoms with Crippen molar-refractivity contribution in [2.45, 2.75) is 32.1 Å². The van der Waals surface area contributed by atoms with Crippen LogP contribution in [0.4, 0.5) is 4.39 Å². The van der Waals surface area contributed by atoms with E-state index < -0.39 is 0 Å². The SMILES string of the molecule is CC1CCCc2c(F)cccc21. The first kappa shape index (κ1) is 7.78. The Labute approximate surface area is 72.4 Å². The third kappa shape index (κ3) is 1.13. The van der Waals surface area contributed by atoms with Gasteiger partial charge in [0, 0.05) is 0 Å². The Kier molecular flexibility index (Phi) is 1.87. The Hall–Kier alpha value is -0.850. The summed E-state index contributed by atoms with van der Waals surface area (Å²) in [7, 11) is 0. The molecule has 1 aliphatic carbocycles. The summed E-state index contributed by atoms with van der Waals surface area (Å²) in [4.78, 5) is 0. The highest BCUT2D eigenvalue weighted by molar-refractivity contribution is 5.33. The molecule has 0 saturated carbocycles. The molecule has 0 aromatic heterocycles. The number of benzene rings is 1. The van der Waals surface area contributed by atoms with E-state index in [1.54, 1.807) is 6.07 Å². The van der Waals surface area contributed by atoms with Gasteiger partial charge in [-0.1, -0.05) is 19.1 Å². The van der Waals surface area contributed by atoms with Crippen molar-refractivity contribution in [3.8, 4) is 0 Å². The zero-order valence-electron chi connectivity index (χ0n) is 7.31. The Morgan fingerprint density at radius 2 is 2.25 bits per heavy atom. The quantitative estimate of drug-likeness (QED) is 0.552. The van der Waals surface area contributed by atoms with Crippen LogP contribution in [0.2, 0.25) is 0 Å². The van der Waals surface area contributed by atoms with E-state index in [0.717, 1.165) is 18.4 Å². The summed E-state index contributed by atoms with van der Waals surface area (Å²) in [5, 5.41) is 0. The topological polar surface area (TPSA) is 0 Å².